The van der Waals surface area contributed by atoms with Crippen LogP contribution >= 0.6 is 15.9 Å². The van der Waals surface area contributed by atoms with Crippen LogP contribution < -0.4 is 10.2 Å². The molecule has 1 unspecified atom stereocenters. The molecule has 1 heterocycles. The molecule has 21 heavy (non-hydrogen) atoms. The Morgan fingerprint density at radius 3 is 2.95 bits per heavy atom. The lowest BCUT2D eigenvalue weighted by Crippen LogP contribution is -2.36. The van der Waals surface area contributed by atoms with Gasteiger partial charge in [0.2, 0.25) is 0 Å². The first kappa shape index (κ1) is 16.8. The molecule has 1 fully saturated rings. The molecule has 0 saturated carbocycles. The highest BCUT2D eigenvalue weighted by atomic mass is 79.9. The minimum Gasteiger partial charge on any atom is -0.396 e. The third kappa shape index (κ3) is 4.97. The van der Waals surface area contributed by atoms with E-state index in [2.05, 4.69) is 58.2 Å². The third-order valence-corrected chi connectivity index (χ3v) is 4.63. The van der Waals surface area contributed by atoms with E-state index in [9.17, 15) is 5.11 Å². The number of piperidine rings is 1. The summed E-state index contributed by atoms with van der Waals surface area (Å²) in [7, 11) is 0. The largest absolute Gasteiger partial charge is 0.396 e. The average molecular weight is 355 g/mol. The van der Waals surface area contributed by atoms with Crippen molar-refractivity contribution in [1.82, 2.24) is 5.32 Å². The Morgan fingerprint density at radius 1 is 1.43 bits per heavy atom. The van der Waals surface area contributed by atoms with E-state index in [1.54, 1.807) is 0 Å². The van der Waals surface area contributed by atoms with Gasteiger partial charge in [-0.05, 0) is 48.9 Å². The van der Waals surface area contributed by atoms with Gasteiger partial charge in [0.25, 0.3) is 0 Å². The minimum absolute atomic E-state index is 0.306. The second-order valence-corrected chi connectivity index (χ2v) is 7.19. The smallest absolute Gasteiger partial charge is 0.0434 e. The number of nitrogens with one attached hydrogen (secondary N) is 1. The van der Waals surface area contributed by atoms with Gasteiger partial charge < -0.3 is 15.3 Å². The quantitative estimate of drug-likeness (QED) is 0.819. The van der Waals surface area contributed by atoms with E-state index in [4.69, 9.17) is 0 Å². The Balaban J connectivity index is 2.13. The second-order valence-electron chi connectivity index (χ2n) is 6.28. The normalized spacial score (nSPS) is 19.3. The summed E-state index contributed by atoms with van der Waals surface area (Å²) in [4.78, 5) is 2.49. The lowest BCUT2D eigenvalue weighted by molar-refractivity contribution is 0.244. The second kappa shape index (κ2) is 8.16. The van der Waals surface area contributed by atoms with Crippen LogP contribution in [0.3, 0.4) is 0 Å². The van der Waals surface area contributed by atoms with Crippen LogP contribution in [0.15, 0.2) is 22.7 Å². The molecule has 2 N–H and O–H groups in total. The Bertz CT molecular complexity index is 448. The van der Waals surface area contributed by atoms with Gasteiger partial charge in [0, 0.05) is 42.4 Å². The Kier molecular flexibility index (Phi) is 6.52. The van der Waals surface area contributed by atoms with Crippen LogP contribution in [0, 0.1) is 5.92 Å². The van der Waals surface area contributed by atoms with Crippen LogP contribution in [-0.2, 0) is 6.54 Å². The van der Waals surface area contributed by atoms with Gasteiger partial charge in [0.15, 0.2) is 0 Å². The number of hydrogen-bond acceptors (Lipinski definition) is 3. The van der Waals surface area contributed by atoms with Gasteiger partial charge >= 0.3 is 0 Å². The highest BCUT2D eigenvalue weighted by Gasteiger charge is 2.21. The summed E-state index contributed by atoms with van der Waals surface area (Å²) in [6.07, 6.45) is 3.39. The summed E-state index contributed by atoms with van der Waals surface area (Å²) in [6.45, 7) is 7.75. The molecule has 0 aliphatic carbocycles. The number of aliphatic hydroxyl groups is 1. The molecule has 1 saturated heterocycles. The molecule has 0 bridgehead atoms. The average Bonchev–Trinajstić information content (AvgIpc) is 2.46. The predicted octanol–water partition coefficient (Wildman–Crippen LogP) is 3.55. The van der Waals surface area contributed by atoms with Crippen LogP contribution in [0.2, 0.25) is 0 Å². The zero-order chi connectivity index (χ0) is 15.2. The molecule has 1 aliphatic heterocycles. The predicted molar refractivity (Wildman–Crippen MR) is 92.8 cm³/mol. The number of nitrogens with zero attached hydrogens (tertiary/aromatic N) is 1. The van der Waals surface area contributed by atoms with Crippen molar-refractivity contribution in [3.63, 3.8) is 0 Å². The Labute approximate surface area is 136 Å². The Hall–Kier alpha value is -0.580. The van der Waals surface area contributed by atoms with E-state index in [1.807, 2.05) is 0 Å². The summed E-state index contributed by atoms with van der Waals surface area (Å²) in [5, 5.41) is 12.7. The van der Waals surface area contributed by atoms with Crippen LogP contribution in [0.1, 0.15) is 38.7 Å². The maximum atomic E-state index is 9.18. The zero-order valence-corrected chi connectivity index (χ0v) is 14.7. The van der Waals surface area contributed by atoms with Gasteiger partial charge in [-0.25, -0.2) is 0 Å². The van der Waals surface area contributed by atoms with E-state index >= 15 is 0 Å². The number of anilines is 1. The van der Waals surface area contributed by atoms with Crippen LogP contribution in [0.5, 0.6) is 0 Å². The van der Waals surface area contributed by atoms with E-state index in [-0.39, 0.29) is 0 Å². The van der Waals surface area contributed by atoms with Crippen molar-refractivity contribution in [2.24, 2.45) is 5.92 Å². The summed E-state index contributed by atoms with van der Waals surface area (Å²) in [6, 6.07) is 7.06. The molecular formula is C17H27BrN2O. The van der Waals surface area contributed by atoms with Gasteiger partial charge in [-0.1, -0.05) is 29.8 Å². The van der Waals surface area contributed by atoms with Crippen molar-refractivity contribution in [1.29, 1.82) is 0 Å². The fourth-order valence-electron chi connectivity index (χ4n) is 3.02. The first-order valence-corrected chi connectivity index (χ1v) is 8.77. The summed E-state index contributed by atoms with van der Waals surface area (Å²) in [5.74, 6) is 0.623. The van der Waals surface area contributed by atoms with E-state index in [0.717, 1.165) is 30.5 Å². The summed E-state index contributed by atoms with van der Waals surface area (Å²) in [5.41, 5.74) is 2.69. The van der Waals surface area contributed by atoms with Crippen LogP contribution in [-0.4, -0.2) is 30.8 Å². The molecular weight excluding hydrogens is 328 g/mol. The monoisotopic (exact) mass is 354 g/mol. The fraction of sp³-hybridized carbons (Fsp3) is 0.647. The van der Waals surface area contributed by atoms with Gasteiger partial charge in [0.1, 0.15) is 0 Å². The van der Waals surface area contributed by atoms with Crippen molar-refractivity contribution in [2.75, 3.05) is 24.6 Å². The van der Waals surface area contributed by atoms with E-state index in [0.29, 0.717) is 18.6 Å². The summed E-state index contributed by atoms with van der Waals surface area (Å²) < 4.78 is 1.13. The van der Waals surface area contributed by atoms with Crippen molar-refractivity contribution in [2.45, 2.75) is 45.7 Å². The standard InChI is InChI=1S/C17H27BrN2O/c1-13(2)19-11-15-10-16(18)5-6-17(15)20-8-3-4-14(12-20)7-9-21/h5-6,10,13-14,19,21H,3-4,7-9,11-12H2,1-2H3. The van der Waals surface area contributed by atoms with Gasteiger partial charge in [-0.15, -0.1) is 0 Å². The molecule has 3 nitrogen and oxygen atoms in total. The highest BCUT2D eigenvalue weighted by molar-refractivity contribution is 9.10. The number of halogens is 1. The van der Waals surface area contributed by atoms with Crippen LogP contribution in [0.4, 0.5) is 5.69 Å². The number of benzene rings is 1. The zero-order valence-electron chi connectivity index (χ0n) is 13.1. The third-order valence-electron chi connectivity index (χ3n) is 4.14. The van der Waals surface area contributed by atoms with E-state index < -0.39 is 0 Å². The van der Waals surface area contributed by atoms with Gasteiger partial charge in [-0.2, -0.15) is 0 Å². The lowest BCUT2D eigenvalue weighted by Gasteiger charge is -2.35. The SMILES string of the molecule is CC(C)NCc1cc(Br)ccc1N1CCCC(CCO)C1. The number of hydrogen-bond donors (Lipinski definition) is 2. The molecule has 118 valence electrons. The topological polar surface area (TPSA) is 35.5 Å². The summed E-state index contributed by atoms with van der Waals surface area (Å²) >= 11 is 3.58. The molecule has 2 rings (SSSR count). The molecule has 1 aromatic rings. The number of rotatable bonds is 6. The molecule has 0 aromatic heterocycles. The molecule has 1 aromatic carbocycles. The van der Waals surface area contributed by atoms with Crippen molar-refractivity contribution >= 4 is 21.6 Å². The first-order chi connectivity index (χ1) is 10.1. The molecule has 0 radical (unpaired) electrons. The maximum Gasteiger partial charge on any atom is 0.0434 e. The molecule has 4 heteroatoms. The first-order valence-electron chi connectivity index (χ1n) is 7.97. The molecule has 0 amide bonds. The van der Waals surface area contributed by atoms with Crippen molar-refractivity contribution in [3.8, 4) is 0 Å². The van der Waals surface area contributed by atoms with E-state index in [1.165, 1.54) is 24.1 Å². The number of aliphatic hydroxyl groups excluding tert-OH is 1. The lowest BCUT2D eigenvalue weighted by atomic mass is 9.94. The molecule has 1 atom stereocenters. The minimum atomic E-state index is 0.306. The van der Waals surface area contributed by atoms with Gasteiger partial charge in [-0.3, -0.25) is 0 Å². The fourth-order valence-corrected chi connectivity index (χ4v) is 3.43. The molecule has 1 aliphatic rings. The van der Waals surface area contributed by atoms with Crippen molar-refractivity contribution in [3.05, 3.63) is 28.2 Å². The van der Waals surface area contributed by atoms with Crippen molar-refractivity contribution < 1.29 is 5.11 Å². The van der Waals surface area contributed by atoms with Crippen LogP contribution in [0.25, 0.3) is 0 Å². The van der Waals surface area contributed by atoms with Gasteiger partial charge in [0.05, 0.1) is 0 Å². The Morgan fingerprint density at radius 2 is 2.24 bits per heavy atom. The molecule has 0 spiro atoms. The maximum absolute atomic E-state index is 9.18. The highest BCUT2D eigenvalue weighted by Crippen LogP contribution is 2.29.